The Balaban J connectivity index is 2.07. The maximum absolute atomic E-state index is 12.9. The van der Waals surface area contributed by atoms with Crippen molar-refractivity contribution in [3.05, 3.63) is 76.9 Å². The molecule has 0 bridgehead atoms. The van der Waals surface area contributed by atoms with Gasteiger partial charge in [-0.25, -0.2) is 0 Å². The van der Waals surface area contributed by atoms with Crippen LogP contribution < -0.4 is 0 Å². The van der Waals surface area contributed by atoms with Crippen molar-refractivity contribution >= 4 is 17.4 Å². The van der Waals surface area contributed by atoms with Crippen molar-refractivity contribution in [3.8, 4) is 0 Å². The Hall–Kier alpha value is -2.88. The first kappa shape index (κ1) is 19.9. The Kier molecular flexibility index (Phi) is 6.30. The molecule has 1 heterocycles. The van der Waals surface area contributed by atoms with Crippen LogP contribution in [0.5, 0.6) is 0 Å². The fourth-order valence-electron chi connectivity index (χ4n) is 3.68. The first-order valence-electron chi connectivity index (χ1n) is 10.0. The minimum atomic E-state index is -0.609. The maximum Gasteiger partial charge on any atom is 0.295 e. The number of carbonyl (C=O) groups is 2. The second-order valence-electron chi connectivity index (χ2n) is 7.16. The van der Waals surface area contributed by atoms with Gasteiger partial charge in [0, 0.05) is 12.1 Å². The van der Waals surface area contributed by atoms with Crippen molar-refractivity contribution in [1.29, 1.82) is 0 Å². The number of aliphatic hydroxyl groups is 1. The molecule has 3 rings (SSSR count). The number of Topliss-reactive ketones (excluding diaryl/α,β-unsaturated/α-hetero) is 1. The molecule has 1 fully saturated rings. The van der Waals surface area contributed by atoms with Gasteiger partial charge in [-0.2, -0.15) is 0 Å². The summed E-state index contributed by atoms with van der Waals surface area (Å²) in [5.41, 5.74) is 2.72. The lowest BCUT2D eigenvalue weighted by atomic mass is 9.95. The van der Waals surface area contributed by atoms with Gasteiger partial charge in [0.25, 0.3) is 11.7 Å². The molecule has 1 N–H and O–H groups in total. The van der Waals surface area contributed by atoms with E-state index in [1.165, 1.54) is 0 Å². The molecule has 0 radical (unpaired) electrons. The molecule has 146 valence electrons. The second kappa shape index (κ2) is 8.87. The molecular weight excluding hydrogens is 350 g/mol. The highest BCUT2D eigenvalue weighted by atomic mass is 16.3. The summed E-state index contributed by atoms with van der Waals surface area (Å²) in [6.45, 7) is 4.67. The molecule has 4 heteroatoms. The lowest BCUT2D eigenvalue weighted by Crippen LogP contribution is -2.30. The van der Waals surface area contributed by atoms with Crippen molar-refractivity contribution in [2.75, 3.05) is 6.54 Å². The smallest absolute Gasteiger partial charge is 0.295 e. The summed E-state index contributed by atoms with van der Waals surface area (Å²) in [5, 5.41) is 11.0. The van der Waals surface area contributed by atoms with Crippen LogP contribution in [0.1, 0.15) is 55.8 Å². The van der Waals surface area contributed by atoms with Crippen LogP contribution in [0.2, 0.25) is 0 Å². The maximum atomic E-state index is 12.9. The molecule has 0 aromatic heterocycles. The molecule has 0 aliphatic carbocycles. The fourth-order valence-corrected chi connectivity index (χ4v) is 3.68. The van der Waals surface area contributed by atoms with Crippen LogP contribution in [0.15, 0.2) is 60.2 Å². The Bertz CT molecular complexity index is 868. The zero-order valence-corrected chi connectivity index (χ0v) is 16.5. The van der Waals surface area contributed by atoms with Crippen molar-refractivity contribution in [2.24, 2.45) is 0 Å². The number of ketones is 1. The molecule has 1 aliphatic heterocycles. The van der Waals surface area contributed by atoms with Gasteiger partial charge in [-0.15, -0.1) is 0 Å². The van der Waals surface area contributed by atoms with Crippen molar-refractivity contribution in [2.45, 2.75) is 45.6 Å². The summed E-state index contributed by atoms with van der Waals surface area (Å²) in [4.78, 5) is 27.2. The number of carbonyl (C=O) groups excluding carboxylic acids is 2. The van der Waals surface area contributed by atoms with Crippen LogP contribution in [-0.4, -0.2) is 28.2 Å². The topological polar surface area (TPSA) is 57.6 Å². The van der Waals surface area contributed by atoms with Gasteiger partial charge >= 0.3 is 0 Å². The Morgan fingerprint density at radius 1 is 0.964 bits per heavy atom. The number of amides is 1. The van der Waals surface area contributed by atoms with Crippen LogP contribution in [0, 0.1) is 0 Å². The largest absolute Gasteiger partial charge is 0.507 e. The Labute approximate surface area is 166 Å². The van der Waals surface area contributed by atoms with Crippen LogP contribution in [0.3, 0.4) is 0 Å². The van der Waals surface area contributed by atoms with Crippen LogP contribution in [0.4, 0.5) is 0 Å². The third-order valence-corrected chi connectivity index (χ3v) is 5.29. The summed E-state index contributed by atoms with van der Waals surface area (Å²) in [5.74, 6) is -1.24. The number of hydrogen-bond acceptors (Lipinski definition) is 3. The lowest BCUT2D eigenvalue weighted by Gasteiger charge is -2.25. The number of likely N-dealkylation sites (tertiary alicyclic amines) is 1. The van der Waals surface area contributed by atoms with Gasteiger partial charge in [0.2, 0.25) is 0 Å². The molecule has 2 aromatic rings. The van der Waals surface area contributed by atoms with Gasteiger partial charge in [-0.05, 0) is 24.0 Å². The molecule has 1 saturated heterocycles. The third-order valence-electron chi connectivity index (χ3n) is 5.29. The van der Waals surface area contributed by atoms with E-state index in [2.05, 4.69) is 13.8 Å². The molecule has 1 unspecified atom stereocenters. The first-order valence-corrected chi connectivity index (χ1v) is 10.0. The minimum Gasteiger partial charge on any atom is -0.507 e. The minimum absolute atomic E-state index is 0.104. The predicted octanol–water partition coefficient (Wildman–Crippen LogP) is 4.86. The average molecular weight is 377 g/mol. The summed E-state index contributed by atoms with van der Waals surface area (Å²) in [7, 11) is 0. The molecule has 0 saturated carbocycles. The van der Waals surface area contributed by atoms with E-state index in [1.54, 1.807) is 17.0 Å². The SMILES string of the molecule is CCCCCN1C(=O)C(=O)/C(=C(\O)c2ccc(CC)cc2)C1c1ccccc1. The van der Waals surface area contributed by atoms with Gasteiger partial charge in [0.1, 0.15) is 5.76 Å². The number of benzene rings is 2. The summed E-state index contributed by atoms with van der Waals surface area (Å²) < 4.78 is 0. The van der Waals surface area contributed by atoms with E-state index < -0.39 is 17.7 Å². The number of aliphatic hydroxyl groups excluding tert-OH is 1. The molecular formula is C24H27NO3. The molecule has 1 amide bonds. The summed E-state index contributed by atoms with van der Waals surface area (Å²) >= 11 is 0. The number of rotatable bonds is 7. The highest BCUT2D eigenvalue weighted by Gasteiger charge is 2.45. The fraction of sp³-hybridized carbons (Fsp3) is 0.333. The van der Waals surface area contributed by atoms with E-state index in [0.717, 1.165) is 36.8 Å². The number of aryl methyl sites for hydroxylation is 1. The van der Waals surface area contributed by atoms with Crippen LogP contribution >= 0.6 is 0 Å². The Morgan fingerprint density at radius 3 is 2.25 bits per heavy atom. The monoisotopic (exact) mass is 377 g/mol. The molecule has 4 nitrogen and oxygen atoms in total. The predicted molar refractivity (Wildman–Crippen MR) is 111 cm³/mol. The van der Waals surface area contributed by atoms with E-state index in [9.17, 15) is 14.7 Å². The van der Waals surface area contributed by atoms with Crippen molar-refractivity contribution in [1.82, 2.24) is 4.90 Å². The molecule has 1 atom stereocenters. The molecule has 28 heavy (non-hydrogen) atoms. The Morgan fingerprint density at radius 2 is 1.64 bits per heavy atom. The lowest BCUT2D eigenvalue weighted by molar-refractivity contribution is -0.139. The highest BCUT2D eigenvalue weighted by Crippen LogP contribution is 2.39. The quantitative estimate of drug-likeness (QED) is 0.324. The van der Waals surface area contributed by atoms with E-state index in [4.69, 9.17) is 0 Å². The van der Waals surface area contributed by atoms with Crippen molar-refractivity contribution < 1.29 is 14.7 Å². The number of unbranched alkanes of at least 4 members (excludes halogenated alkanes) is 2. The van der Waals surface area contributed by atoms with Crippen LogP contribution in [-0.2, 0) is 16.0 Å². The third kappa shape index (κ3) is 3.86. The molecule has 1 aliphatic rings. The number of nitrogens with zero attached hydrogens (tertiary/aromatic N) is 1. The zero-order chi connectivity index (χ0) is 20.1. The van der Waals surface area contributed by atoms with Crippen LogP contribution in [0.25, 0.3) is 5.76 Å². The first-order chi connectivity index (χ1) is 13.6. The van der Waals surface area contributed by atoms with Gasteiger partial charge in [0.05, 0.1) is 11.6 Å². The summed E-state index contributed by atoms with van der Waals surface area (Å²) in [6.07, 6.45) is 3.75. The van der Waals surface area contributed by atoms with E-state index >= 15 is 0 Å². The van der Waals surface area contributed by atoms with Gasteiger partial charge in [-0.3, -0.25) is 9.59 Å². The molecule has 0 spiro atoms. The average Bonchev–Trinajstić information content (AvgIpc) is 2.99. The highest BCUT2D eigenvalue weighted by molar-refractivity contribution is 6.46. The zero-order valence-electron chi connectivity index (χ0n) is 16.5. The van der Waals surface area contributed by atoms with Crippen molar-refractivity contribution in [3.63, 3.8) is 0 Å². The van der Waals surface area contributed by atoms with E-state index in [-0.39, 0.29) is 11.3 Å². The van der Waals surface area contributed by atoms with Gasteiger partial charge in [-0.1, -0.05) is 81.3 Å². The van der Waals surface area contributed by atoms with Gasteiger partial charge in [0.15, 0.2) is 0 Å². The molecule has 2 aromatic carbocycles. The van der Waals surface area contributed by atoms with Gasteiger partial charge < -0.3 is 10.0 Å². The van der Waals surface area contributed by atoms with E-state index in [0.29, 0.717) is 12.1 Å². The second-order valence-corrected chi connectivity index (χ2v) is 7.16. The van der Waals surface area contributed by atoms with E-state index in [1.807, 2.05) is 42.5 Å². The summed E-state index contributed by atoms with van der Waals surface area (Å²) in [6, 6.07) is 16.4. The normalized spacial score (nSPS) is 18.6. The number of hydrogen-bond donors (Lipinski definition) is 1. The standard InChI is InChI=1S/C24H27NO3/c1-3-5-9-16-25-21(18-10-7-6-8-11-18)20(23(27)24(25)28)22(26)19-14-12-17(4-2)13-15-19/h6-8,10-15,21,26H,3-5,9,16H2,1-2H3/b22-20-.